The average Bonchev–Trinajstić information content (AvgIpc) is 2.87. The summed E-state index contributed by atoms with van der Waals surface area (Å²) in [6, 6.07) is 6.78. The van der Waals surface area contributed by atoms with Gasteiger partial charge in [-0.1, -0.05) is 12.1 Å². The van der Waals surface area contributed by atoms with Gasteiger partial charge in [-0.15, -0.1) is 11.3 Å². The van der Waals surface area contributed by atoms with Crippen molar-refractivity contribution in [2.45, 2.75) is 6.92 Å². The number of hydrogen-bond acceptors (Lipinski definition) is 6. The van der Waals surface area contributed by atoms with E-state index in [1.54, 1.807) is 29.8 Å². The van der Waals surface area contributed by atoms with Crippen LogP contribution in [0.2, 0.25) is 0 Å². The Morgan fingerprint density at radius 1 is 1.40 bits per heavy atom. The van der Waals surface area contributed by atoms with Crippen LogP contribution in [0.3, 0.4) is 0 Å². The molecule has 2 heterocycles. The number of thiazole rings is 1. The number of carbonyl (C=O) groups excluding carboxylic acids is 1. The molecule has 0 amide bonds. The van der Waals surface area contributed by atoms with Gasteiger partial charge in [-0.05, 0) is 12.1 Å². The van der Waals surface area contributed by atoms with Crippen LogP contribution in [0.25, 0.3) is 21.7 Å². The molecular formula is C13H9N3O3S. The van der Waals surface area contributed by atoms with Gasteiger partial charge in [0.05, 0.1) is 5.51 Å². The molecule has 7 heteroatoms. The lowest BCUT2D eigenvalue weighted by atomic mass is 10.2. The molecule has 0 aliphatic rings. The molecule has 0 fully saturated rings. The first-order valence-corrected chi connectivity index (χ1v) is 6.64. The smallest absolute Gasteiger partial charge is 0.308 e. The van der Waals surface area contributed by atoms with Crippen molar-refractivity contribution in [3.8, 4) is 17.1 Å². The lowest BCUT2D eigenvalue weighted by Gasteiger charge is -2.04. The number of rotatable bonds is 2. The predicted molar refractivity (Wildman–Crippen MR) is 74.8 cm³/mol. The highest BCUT2D eigenvalue weighted by Gasteiger charge is 2.09. The average molecular weight is 287 g/mol. The summed E-state index contributed by atoms with van der Waals surface area (Å²) < 4.78 is 5.50. The Bertz CT molecular complexity index is 853. The fourth-order valence-corrected chi connectivity index (χ4v) is 2.40. The normalized spacial score (nSPS) is 10.7. The van der Waals surface area contributed by atoms with E-state index in [2.05, 4.69) is 15.0 Å². The Hall–Kier alpha value is -2.54. The number of carbonyl (C=O) groups is 1. The van der Waals surface area contributed by atoms with E-state index in [4.69, 9.17) is 4.74 Å². The number of H-pyrrole nitrogens is 1. The van der Waals surface area contributed by atoms with Crippen LogP contribution >= 0.6 is 11.3 Å². The van der Waals surface area contributed by atoms with Crippen molar-refractivity contribution in [1.82, 2.24) is 15.0 Å². The second kappa shape index (κ2) is 4.86. The van der Waals surface area contributed by atoms with Crippen molar-refractivity contribution in [2.24, 2.45) is 0 Å². The third kappa shape index (κ3) is 2.30. The first-order chi connectivity index (χ1) is 9.63. The first-order valence-electron chi connectivity index (χ1n) is 5.76. The summed E-state index contributed by atoms with van der Waals surface area (Å²) in [6.45, 7) is 1.33. The van der Waals surface area contributed by atoms with E-state index in [1.165, 1.54) is 18.3 Å². The summed E-state index contributed by atoms with van der Waals surface area (Å²) in [5, 5.41) is 0. The van der Waals surface area contributed by atoms with Gasteiger partial charge < -0.3 is 9.72 Å². The minimum atomic E-state index is -0.404. The molecule has 0 unspecified atom stereocenters. The number of esters is 1. The van der Waals surface area contributed by atoms with Gasteiger partial charge >= 0.3 is 5.97 Å². The van der Waals surface area contributed by atoms with E-state index < -0.39 is 5.97 Å². The molecule has 1 aromatic carbocycles. The largest absolute Gasteiger partial charge is 0.427 e. The summed E-state index contributed by atoms with van der Waals surface area (Å²) in [4.78, 5) is 33.9. The monoisotopic (exact) mass is 287 g/mol. The van der Waals surface area contributed by atoms with Crippen molar-refractivity contribution in [1.29, 1.82) is 0 Å². The van der Waals surface area contributed by atoms with Crippen LogP contribution in [0.1, 0.15) is 6.92 Å². The van der Waals surface area contributed by atoms with E-state index in [1.807, 2.05) is 0 Å². The van der Waals surface area contributed by atoms with Crippen LogP contribution in [-0.2, 0) is 4.79 Å². The second-order valence-corrected chi connectivity index (χ2v) is 4.90. The molecule has 0 atom stereocenters. The fourth-order valence-electron chi connectivity index (χ4n) is 1.78. The van der Waals surface area contributed by atoms with Crippen molar-refractivity contribution in [3.63, 3.8) is 0 Å². The molecular weight excluding hydrogens is 278 g/mol. The fraction of sp³-hybridized carbons (Fsp3) is 0.0769. The lowest BCUT2D eigenvalue weighted by Crippen LogP contribution is -2.08. The SMILES string of the molecule is CC(=O)Oc1cccc(-c2nc3ncsc3c(=O)[nH]2)c1. The molecule has 0 aliphatic carbocycles. The van der Waals surface area contributed by atoms with Crippen LogP contribution in [0.5, 0.6) is 5.75 Å². The zero-order valence-corrected chi connectivity index (χ0v) is 11.2. The van der Waals surface area contributed by atoms with Crippen molar-refractivity contribution in [3.05, 3.63) is 40.1 Å². The molecule has 0 spiro atoms. The number of aromatic amines is 1. The summed E-state index contributed by atoms with van der Waals surface area (Å²) in [5.41, 5.74) is 2.40. The van der Waals surface area contributed by atoms with E-state index in [0.29, 0.717) is 27.5 Å². The zero-order chi connectivity index (χ0) is 14.1. The standard InChI is InChI=1S/C13H9N3O3S/c1-7(17)19-9-4-2-3-8(5-9)11-15-12-10(13(18)16-11)20-6-14-12/h2-6H,1H3,(H,15,16,18). The van der Waals surface area contributed by atoms with Gasteiger partial charge in [-0.3, -0.25) is 9.59 Å². The Labute approximate surface area is 117 Å². The molecule has 3 aromatic rings. The number of ether oxygens (including phenoxy) is 1. The minimum absolute atomic E-state index is 0.231. The van der Waals surface area contributed by atoms with Gasteiger partial charge in [0.25, 0.3) is 5.56 Å². The maximum atomic E-state index is 11.9. The molecule has 3 rings (SSSR count). The van der Waals surface area contributed by atoms with E-state index >= 15 is 0 Å². The molecule has 0 aliphatic heterocycles. The maximum Gasteiger partial charge on any atom is 0.308 e. The van der Waals surface area contributed by atoms with Crippen molar-refractivity contribution < 1.29 is 9.53 Å². The molecule has 0 saturated heterocycles. The van der Waals surface area contributed by atoms with Gasteiger partial charge in [0.1, 0.15) is 16.3 Å². The van der Waals surface area contributed by atoms with Gasteiger partial charge in [-0.25, -0.2) is 9.97 Å². The number of benzene rings is 1. The molecule has 0 radical (unpaired) electrons. The minimum Gasteiger partial charge on any atom is -0.427 e. The number of fused-ring (bicyclic) bond motifs is 1. The summed E-state index contributed by atoms with van der Waals surface area (Å²) in [6.07, 6.45) is 0. The Kier molecular flexibility index (Phi) is 3.03. The molecule has 2 aromatic heterocycles. The molecule has 1 N–H and O–H groups in total. The van der Waals surface area contributed by atoms with Crippen LogP contribution < -0.4 is 10.3 Å². The topological polar surface area (TPSA) is 84.9 Å². The highest BCUT2D eigenvalue weighted by molar-refractivity contribution is 7.16. The number of nitrogens with one attached hydrogen (secondary N) is 1. The zero-order valence-electron chi connectivity index (χ0n) is 10.4. The van der Waals surface area contributed by atoms with Gasteiger partial charge in [0.2, 0.25) is 0 Å². The number of hydrogen-bond donors (Lipinski definition) is 1. The quantitative estimate of drug-likeness (QED) is 0.575. The number of nitrogens with zero attached hydrogens (tertiary/aromatic N) is 2. The Morgan fingerprint density at radius 3 is 3.05 bits per heavy atom. The van der Waals surface area contributed by atoms with Crippen molar-refractivity contribution in [2.75, 3.05) is 0 Å². The van der Waals surface area contributed by atoms with E-state index in [0.717, 1.165) is 0 Å². The highest BCUT2D eigenvalue weighted by Crippen LogP contribution is 2.22. The second-order valence-electron chi connectivity index (χ2n) is 4.04. The highest BCUT2D eigenvalue weighted by atomic mass is 32.1. The van der Waals surface area contributed by atoms with Gasteiger partial charge in [0.15, 0.2) is 5.65 Å². The van der Waals surface area contributed by atoms with Crippen LogP contribution in [0, 0.1) is 0 Å². The molecule has 20 heavy (non-hydrogen) atoms. The number of aromatic nitrogens is 3. The van der Waals surface area contributed by atoms with E-state index in [-0.39, 0.29) is 5.56 Å². The van der Waals surface area contributed by atoms with Gasteiger partial charge in [-0.2, -0.15) is 0 Å². The predicted octanol–water partition coefficient (Wildman–Crippen LogP) is 1.97. The third-order valence-electron chi connectivity index (χ3n) is 2.57. The Morgan fingerprint density at radius 2 is 2.25 bits per heavy atom. The van der Waals surface area contributed by atoms with Crippen LogP contribution in [0.15, 0.2) is 34.6 Å². The molecule has 0 bridgehead atoms. The third-order valence-corrected chi connectivity index (χ3v) is 3.39. The summed E-state index contributed by atoms with van der Waals surface area (Å²) >= 11 is 1.24. The Balaban J connectivity index is 2.10. The summed E-state index contributed by atoms with van der Waals surface area (Å²) in [7, 11) is 0. The van der Waals surface area contributed by atoms with Crippen molar-refractivity contribution >= 4 is 27.7 Å². The molecule has 0 saturated carbocycles. The first kappa shape index (κ1) is 12.5. The van der Waals surface area contributed by atoms with Gasteiger partial charge in [0, 0.05) is 12.5 Å². The molecule has 6 nitrogen and oxygen atoms in total. The summed E-state index contributed by atoms with van der Waals surface area (Å²) in [5.74, 6) is 0.386. The van der Waals surface area contributed by atoms with E-state index in [9.17, 15) is 9.59 Å². The van der Waals surface area contributed by atoms with Crippen LogP contribution in [0.4, 0.5) is 0 Å². The van der Waals surface area contributed by atoms with Crippen LogP contribution in [-0.4, -0.2) is 20.9 Å². The lowest BCUT2D eigenvalue weighted by molar-refractivity contribution is -0.131. The molecule has 100 valence electrons. The maximum absolute atomic E-state index is 11.9.